The van der Waals surface area contributed by atoms with Gasteiger partial charge < -0.3 is 14.6 Å². The summed E-state index contributed by atoms with van der Waals surface area (Å²) in [7, 11) is 0. The van der Waals surface area contributed by atoms with E-state index in [2.05, 4.69) is 0 Å². The summed E-state index contributed by atoms with van der Waals surface area (Å²) in [6, 6.07) is 12.7. The average Bonchev–Trinajstić information content (AvgIpc) is 2.54. The third kappa shape index (κ3) is 5.34. The first-order chi connectivity index (χ1) is 11.1. The molecule has 23 heavy (non-hydrogen) atoms. The summed E-state index contributed by atoms with van der Waals surface area (Å²) in [5.74, 6) is 0.189. The summed E-state index contributed by atoms with van der Waals surface area (Å²) in [6.07, 6.45) is 2.59. The molecule has 2 rings (SSSR count). The van der Waals surface area contributed by atoms with Crippen LogP contribution in [0.5, 0.6) is 11.5 Å². The number of carbonyl (C=O) groups is 1. The van der Waals surface area contributed by atoms with Crippen LogP contribution in [0.15, 0.2) is 48.5 Å². The molecule has 0 saturated heterocycles. The summed E-state index contributed by atoms with van der Waals surface area (Å²) in [5.41, 5.74) is 1.72. The molecular weight excluding hydrogens is 316 g/mol. The van der Waals surface area contributed by atoms with Crippen molar-refractivity contribution in [3.05, 3.63) is 64.7 Å². The lowest BCUT2D eigenvalue weighted by atomic mass is 10.2. The van der Waals surface area contributed by atoms with Crippen molar-refractivity contribution in [3.8, 4) is 11.5 Å². The lowest BCUT2D eigenvalue weighted by molar-refractivity contribution is -0.131. The summed E-state index contributed by atoms with van der Waals surface area (Å²) in [4.78, 5) is 10.6. The van der Waals surface area contributed by atoms with Gasteiger partial charge >= 0.3 is 5.97 Å². The van der Waals surface area contributed by atoms with Crippen molar-refractivity contribution >= 4 is 23.6 Å². The van der Waals surface area contributed by atoms with Crippen molar-refractivity contribution in [3.63, 3.8) is 0 Å². The second-order valence-electron chi connectivity index (χ2n) is 4.73. The Hall–Kier alpha value is -2.46. The first kappa shape index (κ1) is 16.9. The second-order valence-corrected chi connectivity index (χ2v) is 5.16. The van der Waals surface area contributed by atoms with Gasteiger partial charge in [0.25, 0.3) is 0 Å². The summed E-state index contributed by atoms with van der Waals surface area (Å²) < 4.78 is 11.4. The standard InChI is InChI=1S/C18H17ClO4/c1-2-22-17-11-13(6-10-18(20)21)5-9-16(17)23-12-14-3-7-15(19)8-4-14/h3-11H,2,12H2,1H3,(H,20,21)/b10-6+. The molecule has 2 aromatic carbocycles. The Labute approximate surface area is 139 Å². The normalized spacial score (nSPS) is 10.7. The predicted octanol–water partition coefficient (Wildman–Crippen LogP) is 4.42. The topological polar surface area (TPSA) is 55.8 Å². The Bertz CT molecular complexity index is 693. The highest BCUT2D eigenvalue weighted by Gasteiger charge is 2.06. The molecule has 0 bridgehead atoms. The number of hydrogen-bond donors (Lipinski definition) is 1. The van der Waals surface area contributed by atoms with Crippen LogP contribution in [0.4, 0.5) is 0 Å². The highest BCUT2D eigenvalue weighted by atomic mass is 35.5. The molecule has 0 aromatic heterocycles. The molecule has 120 valence electrons. The zero-order valence-corrected chi connectivity index (χ0v) is 13.4. The number of halogens is 1. The fourth-order valence-electron chi connectivity index (χ4n) is 1.93. The van der Waals surface area contributed by atoms with Gasteiger partial charge in [0.2, 0.25) is 0 Å². The number of ether oxygens (including phenoxy) is 2. The number of carboxylic acids is 1. The van der Waals surface area contributed by atoms with E-state index in [1.807, 2.05) is 31.2 Å². The van der Waals surface area contributed by atoms with Crippen LogP contribution in [-0.2, 0) is 11.4 Å². The molecule has 0 spiro atoms. The highest BCUT2D eigenvalue weighted by molar-refractivity contribution is 6.30. The van der Waals surface area contributed by atoms with Crippen molar-refractivity contribution in [1.82, 2.24) is 0 Å². The Morgan fingerprint density at radius 2 is 1.87 bits per heavy atom. The third-order valence-corrected chi connectivity index (χ3v) is 3.25. The van der Waals surface area contributed by atoms with E-state index in [9.17, 15) is 4.79 Å². The summed E-state index contributed by atoms with van der Waals surface area (Å²) >= 11 is 5.86. The zero-order chi connectivity index (χ0) is 16.7. The fraction of sp³-hybridized carbons (Fsp3) is 0.167. The van der Waals surface area contributed by atoms with Gasteiger partial charge in [0.15, 0.2) is 11.5 Å². The van der Waals surface area contributed by atoms with E-state index < -0.39 is 5.97 Å². The zero-order valence-electron chi connectivity index (χ0n) is 12.7. The molecule has 0 radical (unpaired) electrons. The molecule has 0 heterocycles. The van der Waals surface area contributed by atoms with Gasteiger partial charge in [-0.3, -0.25) is 0 Å². The number of benzene rings is 2. The second kappa shape index (κ2) is 8.25. The molecule has 0 aliphatic rings. The molecule has 0 atom stereocenters. The highest BCUT2D eigenvalue weighted by Crippen LogP contribution is 2.30. The third-order valence-electron chi connectivity index (χ3n) is 2.99. The van der Waals surface area contributed by atoms with E-state index >= 15 is 0 Å². The van der Waals surface area contributed by atoms with Gasteiger partial charge in [-0.25, -0.2) is 4.79 Å². The molecule has 0 saturated carbocycles. The van der Waals surface area contributed by atoms with Crippen LogP contribution in [0.25, 0.3) is 6.08 Å². The van der Waals surface area contributed by atoms with Crippen molar-refractivity contribution in [2.24, 2.45) is 0 Å². The van der Waals surface area contributed by atoms with Crippen LogP contribution in [-0.4, -0.2) is 17.7 Å². The first-order valence-electron chi connectivity index (χ1n) is 7.13. The lowest BCUT2D eigenvalue weighted by Gasteiger charge is -2.12. The van der Waals surface area contributed by atoms with Gasteiger partial charge in [0.05, 0.1) is 6.61 Å². The number of rotatable bonds is 7. The molecular formula is C18H17ClO4. The maximum Gasteiger partial charge on any atom is 0.328 e. The largest absolute Gasteiger partial charge is 0.490 e. The summed E-state index contributed by atoms with van der Waals surface area (Å²) in [5, 5.41) is 9.36. The molecule has 2 aromatic rings. The van der Waals surface area contributed by atoms with Gasteiger partial charge in [-0.05, 0) is 48.4 Å². The van der Waals surface area contributed by atoms with E-state index in [4.69, 9.17) is 26.2 Å². The van der Waals surface area contributed by atoms with E-state index in [-0.39, 0.29) is 0 Å². The molecule has 0 aliphatic heterocycles. The number of carboxylic acid groups (broad SMARTS) is 1. The first-order valence-corrected chi connectivity index (χ1v) is 7.51. The monoisotopic (exact) mass is 332 g/mol. The van der Waals surface area contributed by atoms with Gasteiger partial charge in [-0.15, -0.1) is 0 Å². The maximum absolute atomic E-state index is 10.6. The van der Waals surface area contributed by atoms with Gasteiger partial charge in [-0.1, -0.05) is 29.8 Å². The van der Waals surface area contributed by atoms with Crippen molar-refractivity contribution in [2.75, 3.05) is 6.61 Å². The molecule has 1 N–H and O–H groups in total. The summed E-state index contributed by atoms with van der Waals surface area (Å²) in [6.45, 7) is 2.76. The van der Waals surface area contributed by atoms with E-state index in [0.29, 0.717) is 29.7 Å². The Kier molecular flexibility index (Phi) is 6.06. The van der Waals surface area contributed by atoms with Crippen molar-refractivity contribution < 1.29 is 19.4 Å². The van der Waals surface area contributed by atoms with Gasteiger partial charge in [-0.2, -0.15) is 0 Å². The fourth-order valence-corrected chi connectivity index (χ4v) is 2.05. The molecule has 0 unspecified atom stereocenters. The lowest BCUT2D eigenvalue weighted by Crippen LogP contribution is -2.00. The van der Waals surface area contributed by atoms with Gasteiger partial charge in [0.1, 0.15) is 6.61 Å². The minimum atomic E-state index is -0.994. The van der Waals surface area contributed by atoms with Crippen LogP contribution >= 0.6 is 11.6 Å². The number of hydrogen-bond acceptors (Lipinski definition) is 3. The van der Waals surface area contributed by atoms with Crippen LogP contribution in [0.3, 0.4) is 0 Å². The minimum Gasteiger partial charge on any atom is -0.490 e. The van der Waals surface area contributed by atoms with Crippen molar-refractivity contribution in [2.45, 2.75) is 13.5 Å². The van der Waals surface area contributed by atoms with Gasteiger partial charge in [0, 0.05) is 11.1 Å². The Morgan fingerprint density at radius 1 is 1.13 bits per heavy atom. The molecule has 4 nitrogen and oxygen atoms in total. The SMILES string of the molecule is CCOc1cc(/C=C/C(=O)O)ccc1OCc1ccc(Cl)cc1. The van der Waals surface area contributed by atoms with Crippen LogP contribution in [0, 0.1) is 0 Å². The predicted molar refractivity (Wildman–Crippen MR) is 90.1 cm³/mol. The average molecular weight is 333 g/mol. The Balaban J connectivity index is 2.13. The van der Waals surface area contributed by atoms with Crippen molar-refractivity contribution in [1.29, 1.82) is 0 Å². The smallest absolute Gasteiger partial charge is 0.328 e. The molecule has 5 heteroatoms. The quantitative estimate of drug-likeness (QED) is 0.763. The van der Waals surface area contributed by atoms with E-state index in [0.717, 1.165) is 17.2 Å². The molecule has 0 aliphatic carbocycles. The van der Waals surface area contributed by atoms with Crippen LogP contribution in [0.1, 0.15) is 18.1 Å². The minimum absolute atomic E-state index is 0.390. The van der Waals surface area contributed by atoms with Crippen LogP contribution < -0.4 is 9.47 Å². The van der Waals surface area contributed by atoms with E-state index in [1.54, 1.807) is 18.2 Å². The van der Waals surface area contributed by atoms with E-state index in [1.165, 1.54) is 6.08 Å². The molecule has 0 amide bonds. The Morgan fingerprint density at radius 3 is 2.52 bits per heavy atom. The number of aliphatic carboxylic acids is 1. The van der Waals surface area contributed by atoms with Crippen LogP contribution in [0.2, 0.25) is 5.02 Å². The molecule has 0 fully saturated rings. The maximum atomic E-state index is 10.6.